The lowest BCUT2D eigenvalue weighted by atomic mass is 10.1. The average molecular weight is 555 g/mol. The van der Waals surface area contributed by atoms with Crippen molar-refractivity contribution in [1.82, 2.24) is 20.0 Å². The molecule has 0 bridgehead atoms. The zero-order valence-electron chi connectivity index (χ0n) is 23.1. The second kappa shape index (κ2) is 13.9. The van der Waals surface area contributed by atoms with Crippen LogP contribution in [0, 0.1) is 11.8 Å². The number of hydrogen-bond donors (Lipinski definition) is 2. The number of carboxylic acid groups (broad SMARTS) is 1. The van der Waals surface area contributed by atoms with Crippen LogP contribution in [0.5, 0.6) is 0 Å². The molecule has 2 aromatic carbocycles. The normalized spacial score (nSPS) is 15.7. The lowest BCUT2D eigenvalue weighted by Crippen LogP contribution is -2.24. The molecular weight excluding hydrogens is 520 g/mol. The number of aromatic nitrogens is 3. The maximum absolute atomic E-state index is 10.6. The number of benzene rings is 2. The first-order valence-corrected chi connectivity index (χ1v) is 13.9. The molecule has 5 rings (SSSR count). The topological polar surface area (TPSA) is 112 Å². The number of imidazole rings is 1. The number of ether oxygens (including phenoxy) is 2. The van der Waals surface area contributed by atoms with Crippen LogP contribution >= 0.6 is 0 Å². The minimum Gasteiger partial charge on any atom is -0.481 e. The summed E-state index contributed by atoms with van der Waals surface area (Å²) in [5, 5.41) is 16.1. The second-order valence-corrected chi connectivity index (χ2v) is 10.0. The van der Waals surface area contributed by atoms with E-state index in [0.717, 1.165) is 59.6 Å². The molecule has 212 valence electrons. The fourth-order valence-corrected chi connectivity index (χ4v) is 4.61. The van der Waals surface area contributed by atoms with Crippen molar-refractivity contribution in [2.24, 2.45) is 0 Å². The lowest BCUT2D eigenvalue weighted by molar-refractivity contribution is -0.188. The predicted octanol–water partition coefficient (Wildman–Crippen LogP) is 5.15. The molecule has 1 saturated heterocycles. The number of hydrogen-bond acceptors (Lipinski definition) is 7. The summed E-state index contributed by atoms with van der Waals surface area (Å²) in [5.74, 6) is 7.10. The van der Waals surface area contributed by atoms with E-state index in [1.807, 2.05) is 72.3 Å². The summed E-state index contributed by atoms with van der Waals surface area (Å²) in [6, 6.07) is 17.7. The first-order chi connectivity index (χ1) is 20.0. The van der Waals surface area contributed by atoms with E-state index in [0.29, 0.717) is 25.4 Å². The summed E-state index contributed by atoms with van der Waals surface area (Å²) >= 11 is 0. The van der Waals surface area contributed by atoms with Gasteiger partial charge in [-0.25, -0.2) is 4.98 Å². The highest BCUT2D eigenvalue weighted by Crippen LogP contribution is 2.25. The number of aliphatic carboxylic acids is 1. The Bertz CT molecular complexity index is 1470. The number of carboxylic acids is 1. The van der Waals surface area contributed by atoms with Crippen LogP contribution in [0.15, 0.2) is 71.5 Å². The molecule has 41 heavy (non-hydrogen) atoms. The Morgan fingerprint density at radius 3 is 2.61 bits per heavy atom. The molecule has 1 fully saturated rings. The third-order valence-corrected chi connectivity index (χ3v) is 6.82. The van der Waals surface area contributed by atoms with Crippen LogP contribution in [-0.4, -0.2) is 45.2 Å². The molecular formula is C32H34N4O5. The van der Waals surface area contributed by atoms with Crippen molar-refractivity contribution in [2.75, 3.05) is 13.2 Å². The summed E-state index contributed by atoms with van der Waals surface area (Å²) in [6.45, 7) is 4.33. The highest BCUT2D eigenvalue weighted by molar-refractivity contribution is 5.66. The Morgan fingerprint density at radius 2 is 1.90 bits per heavy atom. The molecule has 2 atom stereocenters. The molecule has 2 aromatic heterocycles. The van der Waals surface area contributed by atoms with Crippen LogP contribution in [-0.2, 0) is 27.4 Å². The van der Waals surface area contributed by atoms with Crippen LogP contribution in [0.4, 0.5) is 0 Å². The zero-order chi connectivity index (χ0) is 28.4. The van der Waals surface area contributed by atoms with E-state index >= 15 is 0 Å². The molecule has 3 heterocycles. The van der Waals surface area contributed by atoms with Gasteiger partial charge in [-0.15, -0.1) is 0 Å². The van der Waals surface area contributed by atoms with Gasteiger partial charge in [0.25, 0.3) is 0 Å². The number of rotatable bonds is 11. The minimum absolute atomic E-state index is 0.109. The van der Waals surface area contributed by atoms with Crippen molar-refractivity contribution < 1.29 is 23.9 Å². The van der Waals surface area contributed by atoms with Gasteiger partial charge in [0.2, 0.25) is 0 Å². The molecule has 0 spiro atoms. The minimum atomic E-state index is -0.803. The van der Waals surface area contributed by atoms with Crippen molar-refractivity contribution in [3.05, 3.63) is 95.2 Å². The molecule has 9 heteroatoms. The van der Waals surface area contributed by atoms with E-state index in [-0.39, 0.29) is 18.8 Å². The smallest absolute Gasteiger partial charge is 0.304 e. The zero-order valence-corrected chi connectivity index (χ0v) is 23.1. The number of carbonyl (C=O) groups is 1. The maximum atomic E-state index is 10.6. The van der Waals surface area contributed by atoms with Crippen LogP contribution in [0.25, 0.3) is 11.3 Å². The van der Waals surface area contributed by atoms with E-state index in [2.05, 4.69) is 27.3 Å². The maximum Gasteiger partial charge on any atom is 0.304 e. The van der Waals surface area contributed by atoms with Crippen LogP contribution < -0.4 is 5.32 Å². The summed E-state index contributed by atoms with van der Waals surface area (Å²) in [6.07, 6.45) is 6.54. The monoisotopic (exact) mass is 554 g/mol. The molecule has 4 aromatic rings. The van der Waals surface area contributed by atoms with E-state index in [1.54, 1.807) is 6.20 Å². The third-order valence-electron chi connectivity index (χ3n) is 6.82. The summed E-state index contributed by atoms with van der Waals surface area (Å²) in [4.78, 5) is 15.1. The van der Waals surface area contributed by atoms with Gasteiger partial charge >= 0.3 is 5.97 Å². The van der Waals surface area contributed by atoms with Crippen LogP contribution in [0.2, 0.25) is 0 Å². The van der Waals surface area contributed by atoms with Crippen LogP contribution in [0.1, 0.15) is 66.9 Å². The highest BCUT2D eigenvalue weighted by atomic mass is 16.7. The van der Waals surface area contributed by atoms with E-state index in [9.17, 15) is 4.79 Å². The Labute approximate surface area is 239 Å². The summed E-state index contributed by atoms with van der Waals surface area (Å²) in [5.41, 5.74) is 4.61. The Morgan fingerprint density at radius 1 is 1.15 bits per heavy atom. The van der Waals surface area contributed by atoms with Crippen molar-refractivity contribution in [3.63, 3.8) is 0 Å². The van der Waals surface area contributed by atoms with Gasteiger partial charge in [-0.3, -0.25) is 4.79 Å². The fourth-order valence-electron chi connectivity index (χ4n) is 4.61. The molecule has 0 aliphatic carbocycles. The van der Waals surface area contributed by atoms with Crippen LogP contribution in [0.3, 0.4) is 0 Å². The first-order valence-electron chi connectivity index (χ1n) is 13.9. The third kappa shape index (κ3) is 8.14. The molecule has 1 aliphatic rings. The Kier molecular flexibility index (Phi) is 9.60. The molecule has 0 saturated carbocycles. The van der Waals surface area contributed by atoms with Gasteiger partial charge in [0.05, 0.1) is 13.0 Å². The standard InChI is InChI=1S/C32H34N4O5/c1-23(40-31-4-2-3-19-39-31)32-34-17-18-36(32)22-28-20-29(41-35-28)27-13-11-25(12-14-27)6-5-24-7-9-26(10-8-24)21-33-16-15-30(37)38/h7-14,17-18,20,23,31,33H,2-4,15-16,19,21-22H2,1H3,(H,37,38)/t23-,31?/m0/s1. The van der Waals surface area contributed by atoms with Gasteiger partial charge in [-0.1, -0.05) is 29.1 Å². The second-order valence-electron chi connectivity index (χ2n) is 10.0. The van der Waals surface area contributed by atoms with Crippen molar-refractivity contribution >= 4 is 5.97 Å². The van der Waals surface area contributed by atoms with Gasteiger partial charge in [0.1, 0.15) is 17.6 Å². The van der Waals surface area contributed by atoms with Gasteiger partial charge in [0.15, 0.2) is 12.1 Å². The largest absolute Gasteiger partial charge is 0.481 e. The van der Waals surface area contributed by atoms with Gasteiger partial charge in [0, 0.05) is 54.8 Å². The SMILES string of the molecule is C[C@H](OC1CCCCO1)c1nccn1Cc1cc(-c2ccc(C#Cc3ccc(CNCCC(=O)O)cc3)cc2)on1. The van der Waals surface area contributed by atoms with Crippen molar-refractivity contribution in [3.8, 4) is 23.2 Å². The Balaban J connectivity index is 1.15. The van der Waals surface area contributed by atoms with E-state index in [1.165, 1.54) is 0 Å². The highest BCUT2D eigenvalue weighted by Gasteiger charge is 2.21. The molecule has 0 amide bonds. The quantitative estimate of drug-likeness (QED) is 0.193. The number of nitrogens with one attached hydrogen (secondary N) is 1. The average Bonchev–Trinajstić information content (AvgIpc) is 3.66. The summed E-state index contributed by atoms with van der Waals surface area (Å²) < 4.78 is 19.5. The van der Waals surface area contributed by atoms with Gasteiger partial charge in [-0.05, 0) is 68.1 Å². The molecule has 0 radical (unpaired) electrons. The predicted molar refractivity (Wildman–Crippen MR) is 153 cm³/mol. The molecule has 2 N–H and O–H groups in total. The summed E-state index contributed by atoms with van der Waals surface area (Å²) in [7, 11) is 0. The van der Waals surface area contributed by atoms with Gasteiger partial charge in [-0.2, -0.15) is 0 Å². The molecule has 9 nitrogen and oxygen atoms in total. The van der Waals surface area contributed by atoms with E-state index in [4.69, 9.17) is 19.1 Å². The Hall–Kier alpha value is -4.23. The molecule has 1 aliphatic heterocycles. The van der Waals surface area contributed by atoms with Crippen molar-refractivity contribution in [1.29, 1.82) is 0 Å². The van der Waals surface area contributed by atoms with E-state index < -0.39 is 5.97 Å². The lowest BCUT2D eigenvalue weighted by Gasteiger charge is -2.26. The van der Waals surface area contributed by atoms with Gasteiger partial charge < -0.3 is 29.0 Å². The first kappa shape index (κ1) is 28.3. The van der Waals surface area contributed by atoms with Crippen molar-refractivity contribution in [2.45, 2.75) is 58.1 Å². The number of nitrogens with zero attached hydrogens (tertiary/aromatic N) is 3. The molecule has 1 unspecified atom stereocenters. The fraction of sp³-hybridized carbons (Fsp3) is 0.344.